The minimum Gasteiger partial charge on any atom is -0.496 e. The molecule has 0 radical (unpaired) electrons. The van der Waals surface area contributed by atoms with Gasteiger partial charge in [0.25, 0.3) is 0 Å². The van der Waals surface area contributed by atoms with E-state index < -0.39 is 0 Å². The van der Waals surface area contributed by atoms with Crippen LogP contribution in [0.2, 0.25) is 5.02 Å². The van der Waals surface area contributed by atoms with Gasteiger partial charge < -0.3 is 24.1 Å². The molecule has 4 rings (SSSR count). The second-order valence-corrected chi connectivity index (χ2v) is 7.73. The van der Waals surface area contributed by atoms with Gasteiger partial charge in [0.1, 0.15) is 17.1 Å². The number of anilines is 1. The van der Waals surface area contributed by atoms with E-state index in [2.05, 4.69) is 22.3 Å². The summed E-state index contributed by atoms with van der Waals surface area (Å²) in [4.78, 5) is 7.31. The number of ether oxygens (including phenoxy) is 2. The molecule has 0 bridgehead atoms. The van der Waals surface area contributed by atoms with Gasteiger partial charge in [-0.15, -0.1) is 0 Å². The van der Waals surface area contributed by atoms with Crippen LogP contribution in [0.15, 0.2) is 36.7 Å². The largest absolute Gasteiger partial charge is 0.496 e. The molecule has 2 aromatic heterocycles. The molecule has 1 aliphatic rings. The van der Waals surface area contributed by atoms with Gasteiger partial charge in [0.2, 0.25) is 0 Å². The average molecular weight is 415 g/mol. The number of halogens is 1. The first-order chi connectivity index (χ1) is 14.2. The van der Waals surface area contributed by atoms with Crippen molar-refractivity contribution in [2.75, 3.05) is 45.7 Å². The van der Waals surface area contributed by atoms with Gasteiger partial charge in [-0.05, 0) is 38.1 Å². The molecule has 3 aromatic rings. The second kappa shape index (κ2) is 8.93. The van der Waals surface area contributed by atoms with Crippen molar-refractivity contribution < 1.29 is 9.47 Å². The number of piperidine rings is 1. The highest BCUT2D eigenvalue weighted by Gasteiger charge is 2.15. The number of likely N-dealkylation sites (tertiary alicyclic amines) is 1. The van der Waals surface area contributed by atoms with Crippen LogP contribution < -0.4 is 14.8 Å². The van der Waals surface area contributed by atoms with E-state index in [1.807, 2.05) is 22.9 Å². The van der Waals surface area contributed by atoms with Crippen molar-refractivity contribution >= 4 is 22.9 Å². The molecule has 154 valence electrons. The normalized spacial score (nSPS) is 14.9. The van der Waals surface area contributed by atoms with Crippen LogP contribution in [0.3, 0.4) is 0 Å². The number of aromatic nitrogens is 2. The van der Waals surface area contributed by atoms with Crippen LogP contribution in [-0.4, -0.2) is 54.7 Å². The first kappa shape index (κ1) is 19.9. The third kappa shape index (κ3) is 4.43. The lowest BCUT2D eigenvalue weighted by Crippen LogP contribution is -2.33. The summed E-state index contributed by atoms with van der Waals surface area (Å²) in [6, 6.07) is 7.76. The Labute approximate surface area is 176 Å². The van der Waals surface area contributed by atoms with E-state index in [0.717, 1.165) is 35.7 Å². The van der Waals surface area contributed by atoms with Crippen molar-refractivity contribution in [3.63, 3.8) is 0 Å². The van der Waals surface area contributed by atoms with Crippen molar-refractivity contribution in [2.45, 2.75) is 19.3 Å². The zero-order valence-corrected chi connectivity index (χ0v) is 17.7. The van der Waals surface area contributed by atoms with Crippen LogP contribution in [0.1, 0.15) is 19.3 Å². The van der Waals surface area contributed by atoms with Crippen molar-refractivity contribution in [1.29, 1.82) is 0 Å². The van der Waals surface area contributed by atoms with Crippen LogP contribution in [0.25, 0.3) is 16.9 Å². The van der Waals surface area contributed by atoms with Crippen LogP contribution in [0.5, 0.6) is 11.5 Å². The molecule has 6 nitrogen and oxygen atoms in total. The number of nitrogens with zero attached hydrogens (tertiary/aromatic N) is 3. The van der Waals surface area contributed by atoms with Gasteiger partial charge in [0, 0.05) is 48.9 Å². The Balaban J connectivity index is 1.52. The molecule has 1 aromatic carbocycles. The zero-order valence-electron chi connectivity index (χ0n) is 16.9. The molecule has 1 N–H and O–H groups in total. The predicted octanol–water partition coefficient (Wildman–Crippen LogP) is 4.57. The van der Waals surface area contributed by atoms with Gasteiger partial charge in [-0.1, -0.05) is 18.0 Å². The molecule has 0 amide bonds. The van der Waals surface area contributed by atoms with E-state index in [-0.39, 0.29) is 0 Å². The molecule has 1 aliphatic heterocycles. The molecular weight excluding hydrogens is 388 g/mol. The molecule has 0 unspecified atom stereocenters. The highest BCUT2D eigenvalue weighted by Crippen LogP contribution is 2.38. The Morgan fingerprint density at radius 2 is 1.86 bits per heavy atom. The summed E-state index contributed by atoms with van der Waals surface area (Å²) >= 11 is 6.32. The number of benzene rings is 1. The average Bonchev–Trinajstić information content (AvgIpc) is 3.17. The van der Waals surface area contributed by atoms with Crippen molar-refractivity contribution in [1.82, 2.24) is 14.3 Å². The lowest BCUT2D eigenvalue weighted by Gasteiger charge is -2.26. The van der Waals surface area contributed by atoms with Gasteiger partial charge in [0.05, 0.1) is 24.9 Å². The molecule has 1 saturated heterocycles. The summed E-state index contributed by atoms with van der Waals surface area (Å²) in [5.41, 5.74) is 3.59. The van der Waals surface area contributed by atoms with Crippen LogP contribution in [0, 0.1) is 0 Å². The lowest BCUT2D eigenvalue weighted by molar-refractivity contribution is 0.237. The zero-order chi connectivity index (χ0) is 20.2. The molecule has 0 saturated carbocycles. The van der Waals surface area contributed by atoms with E-state index in [1.165, 1.54) is 32.4 Å². The molecular formula is C22H27ClN4O2. The maximum absolute atomic E-state index is 6.32. The summed E-state index contributed by atoms with van der Waals surface area (Å²) in [5, 5.41) is 4.05. The lowest BCUT2D eigenvalue weighted by atomic mass is 10.1. The van der Waals surface area contributed by atoms with Gasteiger partial charge in [-0.2, -0.15) is 0 Å². The smallest absolute Gasteiger partial charge is 0.141 e. The molecule has 0 aliphatic carbocycles. The minimum atomic E-state index is 0.528. The molecule has 0 atom stereocenters. The Hall–Kier alpha value is -2.44. The fourth-order valence-corrected chi connectivity index (χ4v) is 4.06. The van der Waals surface area contributed by atoms with Gasteiger partial charge in [-0.3, -0.25) is 0 Å². The van der Waals surface area contributed by atoms with Crippen LogP contribution in [-0.2, 0) is 0 Å². The highest BCUT2D eigenvalue weighted by atomic mass is 35.5. The summed E-state index contributed by atoms with van der Waals surface area (Å²) in [6.45, 7) is 4.45. The van der Waals surface area contributed by atoms with Crippen LogP contribution >= 0.6 is 11.6 Å². The Morgan fingerprint density at radius 1 is 1.07 bits per heavy atom. The predicted molar refractivity (Wildman–Crippen MR) is 118 cm³/mol. The number of rotatable bonds is 7. The number of fused-ring (bicyclic) bond motifs is 1. The van der Waals surface area contributed by atoms with Gasteiger partial charge in [0.15, 0.2) is 0 Å². The van der Waals surface area contributed by atoms with E-state index in [4.69, 9.17) is 26.1 Å². The summed E-state index contributed by atoms with van der Waals surface area (Å²) in [5.74, 6) is 1.26. The van der Waals surface area contributed by atoms with Gasteiger partial charge in [-0.25, -0.2) is 4.98 Å². The summed E-state index contributed by atoms with van der Waals surface area (Å²) in [7, 11) is 3.22. The number of imidazole rings is 1. The Kier molecular flexibility index (Phi) is 6.11. The quantitative estimate of drug-likeness (QED) is 0.613. The topological polar surface area (TPSA) is 51.0 Å². The van der Waals surface area contributed by atoms with Crippen molar-refractivity contribution in [3.05, 3.63) is 41.7 Å². The summed E-state index contributed by atoms with van der Waals surface area (Å²) in [6.07, 6.45) is 8.01. The third-order valence-electron chi connectivity index (χ3n) is 5.42. The number of methoxy groups -OCH3 is 2. The Bertz CT molecular complexity index is 982. The maximum atomic E-state index is 6.32. The van der Waals surface area contributed by atoms with Crippen molar-refractivity contribution in [2.24, 2.45) is 0 Å². The first-order valence-corrected chi connectivity index (χ1v) is 10.4. The molecule has 29 heavy (non-hydrogen) atoms. The number of hydrogen-bond donors (Lipinski definition) is 1. The van der Waals surface area contributed by atoms with E-state index in [1.54, 1.807) is 20.3 Å². The monoisotopic (exact) mass is 414 g/mol. The molecule has 3 heterocycles. The van der Waals surface area contributed by atoms with Gasteiger partial charge >= 0.3 is 0 Å². The van der Waals surface area contributed by atoms with Crippen LogP contribution in [0.4, 0.5) is 5.69 Å². The summed E-state index contributed by atoms with van der Waals surface area (Å²) < 4.78 is 12.8. The van der Waals surface area contributed by atoms with E-state index in [9.17, 15) is 0 Å². The first-order valence-electron chi connectivity index (χ1n) is 10.0. The number of hydrogen-bond acceptors (Lipinski definition) is 5. The fourth-order valence-electron chi connectivity index (χ4n) is 3.82. The number of pyridine rings is 1. The van der Waals surface area contributed by atoms with E-state index >= 15 is 0 Å². The fraction of sp³-hybridized carbons (Fsp3) is 0.409. The number of nitrogens with one attached hydrogen (secondary N) is 1. The standard InChI is InChI=1S/C22H27ClN4O2/c1-28-20-14-21(29-2)18(23)13-17(20)19-15-27-10-6-16(12-22(27)25-19)24-7-11-26-8-4-3-5-9-26/h6,10,12-15,24H,3-5,7-9,11H2,1-2H3. The molecule has 1 fully saturated rings. The van der Waals surface area contributed by atoms with Crippen molar-refractivity contribution in [3.8, 4) is 22.8 Å². The Morgan fingerprint density at radius 3 is 2.62 bits per heavy atom. The molecule has 7 heteroatoms. The van der Waals surface area contributed by atoms with E-state index in [0.29, 0.717) is 16.5 Å². The maximum Gasteiger partial charge on any atom is 0.141 e. The highest BCUT2D eigenvalue weighted by molar-refractivity contribution is 6.32. The SMILES string of the molecule is COc1cc(OC)c(-c2cn3ccc(NCCN4CCCCC4)cc3n2)cc1Cl. The second-order valence-electron chi connectivity index (χ2n) is 7.32. The third-order valence-corrected chi connectivity index (χ3v) is 5.71. The molecule has 0 spiro atoms. The minimum absolute atomic E-state index is 0.528.